The van der Waals surface area contributed by atoms with E-state index in [9.17, 15) is 13.2 Å². The van der Waals surface area contributed by atoms with Crippen LogP contribution >= 0.6 is 11.6 Å². The van der Waals surface area contributed by atoms with Crippen molar-refractivity contribution in [3.8, 4) is 0 Å². The van der Waals surface area contributed by atoms with Gasteiger partial charge in [0.05, 0.1) is 34.1 Å². The maximum Gasteiger partial charge on any atom is 0.258 e. The van der Waals surface area contributed by atoms with Crippen molar-refractivity contribution in [2.75, 3.05) is 17.8 Å². The van der Waals surface area contributed by atoms with Crippen LogP contribution in [-0.2, 0) is 14.8 Å². The van der Waals surface area contributed by atoms with E-state index >= 15 is 4.39 Å². The number of rotatable bonds is 8. The molecule has 2 aliphatic rings. The first-order valence-corrected chi connectivity index (χ1v) is 13.3. The molecule has 0 spiro atoms. The normalized spacial score (nSPS) is 21.6. The Balaban J connectivity index is 1.95. The number of ketones is 1. The standard InChI is InChI=1S/C25H29ClFN3O5S/c1-4-6-18(13-28-32)25(31)21-11-19(26)9-10-23(21)29-36(33,34)20-7-5-8-24(22(27)12-20)30-14-16(2)35-17(3)15-30/h4-6,8-13,16-17,28-29,32H,7,14-15H2,1-3H3/p+1/b6-4-,18-13+/t16-,17+. The molecule has 0 bridgehead atoms. The number of hydrogen-bond donors (Lipinski definition) is 3. The second-order valence-electron chi connectivity index (χ2n) is 8.51. The molecular weight excluding hydrogens is 509 g/mol. The van der Waals surface area contributed by atoms with Gasteiger partial charge < -0.3 is 9.64 Å². The minimum absolute atomic E-state index is 0.0185. The number of nitrogens with zero attached hydrogens (tertiary/aromatic N) is 1. The molecule has 0 saturated carbocycles. The molecule has 4 N–H and O–H groups in total. The summed E-state index contributed by atoms with van der Waals surface area (Å²) >= 11 is 6.08. The Morgan fingerprint density at radius 1 is 1.31 bits per heavy atom. The molecule has 1 saturated heterocycles. The van der Waals surface area contributed by atoms with Crippen LogP contribution in [0.1, 0.15) is 37.6 Å². The van der Waals surface area contributed by atoms with Gasteiger partial charge in [-0.1, -0.05) is 23.8 Å². The molecule has 194 valence electrons. The number of carbonyl (C=O) groups is 1. The van der Waals surface area contributed by atoms with Gasteiger partial charge in [-0.05, 0) is 57.2 Å². The van der Waals surface area contributed by atoms with Gasteiger partial charge in [-0.25, -0.2) is 18.0 Å². The number of morpholine rings is 1. The molecule has 0 amide bonds. The third-order valence-corrected chi connectivity index (χ3v) is 7.26. The van der Waals surface area contributed by atoms with Gasteiger partial charge in [0, 0.05) is 30.1 Å². The van der Waals surface area contributed by atoms with Crippen LogP contribution in [-0.4, -0.2) is 49.6 Å². The van der Waals surface area contributed by atoms with Crippen LogP contribution in [0.2, 0.25) is 5.02 Å². The number of sulfonamides is 1. The van der Waals surface area contributed by atoms with Crippen LogP contribution in [0, 0.1) is 0 Å². The van der Waals surface area contributed by atoms with E-state index in [1.807, 2.05) is 18.7 Å². The Labute approximate surface area is 215 Å². The quantitative estimate of drug-likeness (QED) is 0.201. The Hall–Kier alpha value is -2.76. The van der Waals surface area contributed by atoms with Crippen LogP contribution in [0.15, 0.2) is 76.8 Å². The van der Waals surface area contributed by atoms with E-state index < -0.39 is 21.6 Å². The number of Topliss-reactive ketones (excluding diaryl/α,β-unsaturated/α-hetero) is 1. The van der Waals surface area contributed by atoms with Gasteiger partial charge in [-0.15, -0.1) is 0 Å². The van der Waals surface area contributed by atoms with Crippen molar-refractivity contribution in [2.24, 2.45) is 0 Å². The minimum atomic E-state index is -4.23. The van der Waals surface area contributed by atoms with Crippen LogP contribution in [0.25, 0.3) is 0 Å². The summed E-state index contributed by atoms with van der Waals surface area (Å²) in [4.78, 5) is 14.7. The van der Waals surface area contributed by atoms with Crippen molar-refractivity contribution in [3.05, 3.63) is 87.4 Å². The molecule has 1 fully saturated rings. The zero-order chi connectivity index (χ0) is 26.5. The number of benzene rings is 1. The molecule has 36 heavy (non-hydrogen) atoms. The van der Waals surface area contributed by atoms with Crippen molar-refractivity contribution in [1.29, 1.82) is 0 Å². The van der Waals surface area contributed by atoms with Gasteiger partial charge in [-0.3, -0.25) is 9.52 Å². The molecule has 1 aliphatic heterocycles. The van der Waals surface area contributed by atoms with E-state index in [2.05, 4.69) is 4.72 Å². The third-order valence-electron chi connectivity index (χ3n) is 5.57. The first-order chi connectivity index (χ1) is 17.1. The second-order valence-corrected chi connectivity index (χ2v) is 10.7. The highest BCUT2D eigenvalue weighted by Crippen LogP contribution is 2.30. The van der Waals surface area contributed by atoms with Crippen LogP contribution in [0.4, 0.5) is 10.1 Å². The highest BCUT2D eigenvalue weighted by atomic mass is 35.5. The van der Waals surface area contributed by atoms with E-state index in [0.29, 0.717) is 24.3 Å². The lowest BCUT2D eigenvalue weighted by Gasteiger charge is -2.37. The van der Waals surface area contributed by atoms with Crippen LogP contribution in [0.3, 0.4) is 0 Å². The summed E-state index contributed by atoms with van der Waals surface area (Å²) in [6, 6.07) is 4.13. The van der Waals surface area contributed by atoms with Gasteiger partial charge in [0.25, 0.3) is 10.0 Å². The fourth-order valence-corrected chi connectivity index (χ4v) is 5.43. The molecule has 2 atom stereocenters. The van der Waals surface area contributed by atoms with Crippen molar-refractivity contribution >= 4 is 33.1 Å². The number of allylic oxidation sites excluding steroid dienone is 8. The number of nitrogens with one attached hydrogen (secondary N) is 1. The minimum Gasteiger partial charge on any atom is -0.372 e. The number of quaternary nitrogens is 1. The van der Waals surface area contributed by atoms with Crippen molar-refractivity contribution < 1.29 is 33.0 Å². The monoisotopic (exact) mass is 538 g/mol. The number of anilines is 1. The predicted molar refractivity (Wildman–Crippen MR) is 136 cm³/mol. The third kappa shape index (κ3) is 6.71. The van der Waals surface area contributed by atoms with Gasteiger partial charge in [-0.2, -0.15) is 5.48 Å². The molecule has 1 aliphatic carbocycles. The van der Waals surface area contributed by atoms with E-state index in [0.717, 1.165) is 6.08 Å². The molecule has 11 heteroatoms. The summed E-state index contributed by atoms with van der Waals surface area (Å²) in [6.07, 6.45) is 8.22. The smallest absolute Gasteiger partial charge is 0.258 e. The van der Waals surface area contributed by atoms with E-state index in [4.69, 9.17) is 21.5 Å². The van der Waals surface area contributed by atoms with Gasteiger partial charge in [0.2, 0.25) is 5.78 Å². The van der Waals surface area contributed by atoms with Crippen molar-refractivity contribution in [3.63, 3.8) is 0 Å². The van der Waals surface area contributed by atoms with E-state index in [-0.39, 0.29) is 45.4 Å². The first kappa shape index (κ1) is 27.8. The topological polar surface area (TPSA) is 113 Å². The summed E-state index contributed by atoms with van der Waals surface area (Å²) in [7, 11) is -4.23. The Morgan fingerprint density at radius 2 is 2.00 bits per heavy atom. The summed E-state index contributed by atoms with van der Waals surface area (Å²) < 4.78 is 49.9. The Morgan fingerprint density at radius 3 is 2.64 bits per heavy atom. The second kappa shape index (κ2) is 12.0. The average Bonchev–Trinajstić information content (AvgIpc) is 3.01. The predicted octanol–water partition coefficient (Wildman–Crippen LogP) is 3.81. The van der Waals surface area contributed by atoms with E-state index in [1.54, 1.807) is 25.2 Å². The number of halogens is 2. The number of carbonyl (C=O) groups excluding carboxylic acids is 1. The molecule has 1 aromatic carbocycles. The zero-order valence-electron chi connectivity index (χ0n) is 20.2. The summed E-state index contributed by atoms with van der Waals surface area (Å²) in [5, 5.41) is 9.37. The molecule has 8 nitrogen and oxygen atoms in total. The highest BCUT2D eigenvalue weighted by molar-refractivity contribution is 7.96. The van der Waals surface area contributed by atoms with Crippen molar-refractivity contribution in [2.45, 2.75) is 39.4 Å². The van der Waals surface area contributed by atoms with Crippen LogP contribution < -0.4 is 10.2 Å². The first-order valence-electron chi connectivity index (χ1n) is 11.4. The maximum absolute atomic E-state index is 15.3. The van der Waals surface area contributed by atoms with Gasteiger partial charge >= 0.3 is 0 Å². The largest absolute Gasteiger partial charge is 0.372 e. The zero-order valence-corrected chi connectivity index (χ0v) is 21.8. The summed E-state index contributed by atoms with van der Waals surface area (Å²) in [5.41, 5.74) is 1.09. The Kier molecular flexibility index (Phi) is 9.26. The van der Waals surface area contributed by atoms with Crippen LogP contribution in [0.5, 0.6) is 0 Å². The Bertz CT molecular complexity index is 1260. The highest BCUT2D eigenvalue weighted by Gasteiger charge is 2.28. The van der Waals surface area contributed by atoms with E-state index in [1.165, 1.54) is 30.5 Å². The summed E-state index contributed by atoms with van der Waals surface area (Å²) in [5.74, 6) is -1.23. The van der Waals surface area contributed by atoms with Crippen molar-refractivity contribution in [1.82, 2.24) is 4.90 Å². The lowest BCUT2D eigenvalue weighted by atomic mass is 10.0. The van der Waals surface area contributed by atoms with Gasteiger partial charge in [0.1, 0.15) is 12.0 Å². The lowest BCUT2D eigenvalue weighted by Crippen LogP contribution is -2.74. The summed E-state index contributed by atoms with van der Waals surface area (Å²) in [6.45, 7) is 6.46. The SMILES string of the molecule is C/C=C\C(=C/[NH2+]O)C(=O)c1cc(Cl)ccc1NS(=O)(=O)C1=CC(F)=C(N2C[C@@H](C)O[C@@H](C)C2)C=CC1. The number of ether oxygens (including phenoxy) is 1. The number of nitrogens with two attached hydrogens (primary N) is 1. The molecule has 0 aromatic heterocycles. The molecule has 0 radical (unpaired) electrons. The number of hydrogen-bond acceptors (Lipinski definition) is 6. The molecular formula is C25H30ClFN3O5S+. The van der Waals surface area contributed by atoms with Gasteiger partial charge in [0.15, 0.2) is 0 Å². The fourth-order valence-electron chi connectivity index (χ4n) is 4.08. The maximum atomic E-state index is 15.3. The molecule has 3 rings (SSSR count). The molecule has 1 heterocycles. The molecule has 1 aromatic rings. The fraction of sp³-hybridized carbons (Fsp3) is 0.320. The average molecular weight is 539 g/mol. The number of hydroxylamine groups is 1. The lowest BCUT2D eigenvalue weighted by molar-refractivity contribution is -0.838. The molecule has 0 unspecified atom stereocenters.